The molecule has 1 heterocycles. The molecule has 1 aliphatic rings. The van der Waals surface area contributed by atoms with Crippen molar-refractivity contribution in [1.82, 2.24) is 5.32 Å². The summed E-state index contributed by atoms with van der Waals surface area (Å²) in [4.78, 5) is 0. The number of hydrogen-bond acceptors (Lipinski definition) is 3. The monoisotopic (exact) mass is 235 g/mol. The minimum absolute atomic E-state index is 0.732. The molecule has 1 aromatic rings. The Hall–Kier alpha value is -1.22. The Bertz CT molecular complexity index is 411. The highest BCUT2D eigenvalue weighted by Crippen LogP contribution is 2.34. The summed E-state index contributed by atoms with van der Waals surface area (Å²) >= 11 is 0. The molecule has 0 bridgehead atoms. The second-order valence-corrected chi connectivity index (χ2v) is 4.75. The van der Waals surface area contributed by atoms with Gasteiger partial charge in [-0.3, -0.25) is 0 Å². The Morgan fingerprint density at radius 1 is 1.18 bits per heavy atom. The van der Waals surface area contributed by atoms with Crippen LogP contribution in [0.4, 0.5) is 0 Å². The highest BCUT2D eigenvalue weighted by molar-refractivity contribution is 5.52. The highest BCUT2D eigenvalue weighted by atomic mass is 16.5. The van der Waals surface area contributed by atoms with E-state index in [1.54, 1.807) is 14.2 Å². The molecule has 0 aromatic heterocycles. The third-order valence-corrected chi connectivity index (χ3v) is 3.67. The first-order valence-electron chi connectivity index (χ1n) is 6.09. The van der Waals surface area contributed by atoms with Gasteiger partial charge >= 0.3 is 0 Å². The summed E-state index contributed by atoms with van der Waals surface area (Å²) < 4.78 is 11.0. The fourth-order valence-electron chi connectivity index (χ4n) is 2.38. The average Bonchev–Trinajstić information content (AvgIpc) is 2.28. The number of ether oxygens (including phenoxy) is 2. The fraction of sp³-hybridized carbons (Fsp3) is 0.571. The normalized spacial score (nSPS) is 15.5. The number of hydrogen-bond donors (Lipinski definition) is 1. The molecule has 94 valence electrons. The van der Waals surface area contributed by atoms with Crippen molar-refractivity contribution in [2.75, 3.05) is 27.3 Å². The predicted octanol–water partition coefficient (Wildman–Crippen LogP) is 2.08. The summed E-state index contributed by atoms with van der Waals surface area (Å²) in [6, 6.07) is 2.12. The maximum atomic E-state index is 5.55. The van der Waals surface area contributed by atoms with Gasteiger partial charge in [-0.05, 0) is 62.0 Å². The topological polar surface area (TPSA) is 30.5 Å². The lowest BCUT2D eigenvalue weighted by Crippen LogP contribution is -2.43. The van der Waals surface area contributed by atoms with E-state index in [1.807, 2.05) is 0 Å². The first kappa shape index (κ1) is 12.2. The van der Waals surface area contributed by atoms with E-state index in [0.29, 0.717) is 0 Å². The van der Waals surface area contributed by atoms with Gasteiger partial charge < -0.3 is 14.8 Å². The molecule has 1 fully saturated rings. The molecule has 1 aliphatic heterocycles. The number of nitrogens with one attached hydrogen (secondary N) is 1. The van der Waals surface area contributed by atoms with Gasteiger partial charge in [-0.25, -0.2) is 0 Å². The van der Waals surface area contributed by atoms with Crippen molar-refractivity contribution in [3.63, 3.8) is 0 Å². The Kier molecular flexibility index (Phi) is 3.57. The van der Waals surface area contributed by atoms with Crippen LogP contribution >= 0.6 is 0 Å². The van der Waals surface area contributed by atoms with Crippen LogP contribution in [0, 0.1) is 19.8 Å². The predicted molar refractivity (Wildman–Crippen MR) is 69.1 cm³/mol. The van der Waals surface area contributed by atoms with Gasteiger partial charge in [0.2, 0.25) is 0 Å². The van der Waals surface area contributed by atoms with E-state index in [4.69, 9.17) is 9.47 Å². The van der Waals surface area contributed by atoms with Crippen molar-refractivity contribution in [2.45, 2.75) is 20.3 Å². The second kappa shape index (κ2) is 4.96. The summed E-state index contributed by atoms with van der Waals surface area (Å²) in [5.74, 6) is 2.72. The summed E-state index contributed by atoms with van der Waals surface area (Å²) in [5.41, 5.74) is 3.62. The molecule has 0 spiro atoms. The summed E-state index contributed by atoms with van der Waals surface area (Å²) in [5, 5.41) is 3.30. The molecule has 3 nitrogen and oxygen atoms in total. The SMILES string of the molecule is COc1cc(CC2CNC2)c(OC)c(C)c1C. The van der Waals surface area contributed by atoms with Gasteiger partial charge in [0.05, 0.1) is 14.2 Å². The smallest absolute Gasteiger partial charge is 0.125 e. The molecule has 0 unspecified atom stereocenters. The quantitative estimate of drug-likeness (QED) is 0.866. The molecular formula is C14H21NO2. The molecular weight excluding hydrogens is 214 g/mol. The van der Waals surface area contributed by atoms with Crippen LogP contribution in [0.5, 0.6) is 11.5 Å². The second-order valence-electron chi connectivity index (χ2n) is 4.75. The molecule has 0 radical (unpaired) electrons. The van der Waals surface area contributed by atoms with Crippen LogP contribution in [0.15, 0.2) is 6.07 Å². The van der Waals surface area contributed by atoms with Gasteiger partial charge in [0.25, 0.3) is 0 Å². The van der Waals surface area contributed by atoms with E-state index in [-0.39, 0.29) is 0 Å². The van der Waals surface area contributed by atoms with Crippen molar-refractivity contribution >= 4 is 0 Å². The Morgan fingerprint density at radius 2 is 1.88 bits per heavy atom. The van der Waals surface area contributed by atoms with Crippen LogP contribution in [0.2, 0.25) is 0 Å². The molecule has 1 N–H and O–H groups in total. The minimum Gasteiger partial charge on any atom is -0.496 e. The van der Waals surface area contributed by atoms with E-state index in [1.165, 1.54) is 16.7 Å². The van der Waals surface area contributed by atoms with Gasteiger partial charge in [0.1, 0.15) is 11.5 Å². The van der Waals surface area contributed by atoms with Crippen molar-refractivity contribution in [3.8, 4) is 11.5 Å². The molecule has 0 amide bonds. The van der Waals surface area contributed by atoms with E-state index in [2.05, 4.69) is 25.2 Å². The molecule has 0 atom stereocenters. The first-order valence-corrected chi connectivity index (χ1v) is 6.09. The maximum absolute atomic E-state index is 5.55. The highest BCUT2D eigenvalue weighted by Gasteiger charge is 2.21. The summed E-state index contributed by atoms with van der Waals surface area (Å²) in [6.45, 7) is 6.39. The van der Waals surface area contributed by atoms with Crippen LogP contribution in [-0.4, -0.2) is 27.3 Å². The summed E-state index contributed by atoms with van der Waals surface area (Å²) in [7, 11) is 3.47. The lowest BCUT2D eigenvalue weighted by molar-refractivity contribution is 0.336. The van der Waals surface area contributed by atoms with E-state index in [0.717, 1.165) is 36.9 Å². The van der Waals surface area contributed by atoms with Crippen LogP contribution in [-0.2, 0) is 6.42 Å². The molecule has 1 aromatic carbocycles. The fourth-order valence-corrected chi connectivity index (χ4v) is 2.38. The van der Waals surface area contributed by atoms with Crippen molar-refractivity contribution in [3.05, 3.63) is 22.8 Å². The molecule has 3 heteroatoms. The number of rotatable bonds is 4. The Labute approximate surface area is 103 Å². The third-order valence-electron chi connectivity index (χ3n) is 3.67. The standard InChI is InChI=1S/C14H21NO2/c1-9-10(2)14(17-4)12(6-13(9)16-3)5-11-7-15-8-11/h6,11,15H,5,7-8H2,1-4H3. The van der Waals surface area contributed by atoms with Gasteiger partial charge in [-0.2, -0.15) is 0 Å². The zero-order valence-corrected chi connectivity index (χ0v) is 11.1. The van der Waals surface area contributed by atoms with Gasteiger partial charge in [0, 0.05) is 0 Å². The average molecular weight is 235 g/mol. The summed E-state index contributed by atoms with van der Waals surface area (Å²) in [6.07, 6.45) is 1.06. The molecule has 0 saturated carbocycles. The molecule has 1 saturated heterocycles. The van der Waals surface area contributed by atoms with E-state index in [9.17, 15) is 0 Å². The molecule has 17 heavy (non-hydrogen) atoms. The zero-order chi connectivity index (χ0) is 12.4. The lowest BCUT2D eigenvalue weighted by atomic mass is 9.91. The maximum Gasteiger partial charge on any atom is 0.125 e. The van der Waals surface area contributed by atoms with E-state index >= 15 is 0 Å². The van der Waals surface area contributed by atoms with Crippen LogP contribution in [0.1, 0.15) is 16.7 Å². The largest absolute Gasteiger partial charge is 0.496 e. The molecule has 2 rings (SSSR count). The molecule has 0 aliphatic carbocycles. The van der Waals surface area contributed by atoms with Crippen LogP contribution < -0.4 is 14.8 Å². The van der Waals surface area contributed by atoms with Crippen LogP contribution in [0.3, 0.4) is 0 Å². The minimum atomic E-state index is 0.732. The third kappa shape index (κ3) is 2.25. The Morgan fingerprint density at radius 3 is 2.35 bits per heavy atom. The number of methoxy groups -OCH3 is 2. The van der Waals surface area contributed by atoms with Crippen LogP contribution in [0.25, 0.3) is 0 Å². The van der Waals surface area contributed by atoms with Gasteiger partial charge in [-0.1, -0.05) is 0 Å². The van der Waals surface area contributed by atoms with Gasteiger partial charge in [-0.15, -0.1) is 0 Å². The zero-order valence-electron chi connectivity index (χ0n) is 11.1. The number of benzene rings is 1. The van der Waals surface area contributed by atoms with Gasteiger partial charge in [0.15, 0.2) is 0 Å². The van der Waals surface area contributed by atoms with E-state index < -0.39 is 0 Å². The Balaban J connectivity index is 2.36. The first-order chi connectivity index (χ1) is 8.17. The van der Waals surface area contributed by atoms with Crippen molar-refractivity contribution in [2.24, 2.45) is 5.92 Å². The van der Waals surface area contributed by atoms with Crippen molar-refractivity contribution in [1.29, 1.82) is 0 Å². The lowest BCUT2D eigenvalue weighted by Gasteiger charge is -2.28. The van der Waals surface area contributed by atoms with Crippen molar-refractivity contribution < 1.29 is 9.47 Å².